The van der Waals surface area contributed by atoms with Crippen LogP contribution in [0.25, 0.3) is 0 Å². The van der Waals surface area contributed by atoms with Gasteiger partial charge in [-0.15, -0.1) is 0 Å². The molecule has 2 N–H and O–H groups in total. The van der Waals surface area contributed by atoms with Crippen LogP contribution >= 0.6 is 0 Å². The molecule has 0 saturated carbocycles. The Bertz CT molecular complexity index is 122. The van der Waals surface area contributed by atoms with Crippen molar-refractivity contribution in [3.8, 4) is 0 Å². The van der Waals surface area contributed by atoms with E-state index in [1.54, 1.807) is 25.4 Å². The predicted molar refractivity (Wildman–Crippen MR) is 36.9 cm³/mol. The highest BCUT2D eigenvalue weighted by atomic mass is 14.6. The molecule has 0 fully saturated rings. The fourth-order valence-electron chi connectivity index (χ4n) is 0.229. The van der Waals surface area contributed by atoms with E-state index in [9.17, 15) is 0 Å². The van der Waals surface area contributed by atoms with Crippen molar-refractivity contribution < 1.29 is 0 Å². The van der Waals surface area contributed by atoms with Crippen LogP contribution in [0.3, 0.4) is 0 Å². The maximum Gasteiger partial charge on any atom is 0.0323 e. The van der Waals surface area contributed by atoms with Gasteiger partial charge in [-0.1, -0.05) is 6.58 Å². The van der Waals surface area contributed by atoms with E-state index in [1.807, 2.05) is 0 Å². The third kappa shape index (κ3) is 3.15. The van der Waals surface area contributed by atoms with Crippen molar-refractivity contribution in [2.75, 3.05) is 7.05 Å². The molecule has 0 saturated heterocycles. The van der Waals surface area contributed by atoms with Gasteiger partial charge < -0.3 is 5.73 Å². The van der Waals surface area contributed by atoms with Crippen LogP contribution in [0.4, 0.5) is 0 Å². The molecule has 0 aliphatic heterocycles. The molecule has 0 rings (SSSR count). The molecule has 0 aliphatic rings. The molecule has 0 spiro atoms. The van der Waals surface area contributed by atoms with Gasteiger partial charge in [0.05, 0.1) is 0 Å². The molecule has 0 heterocycles. The van der Waals surface area contributed by atoms with Crippen molar-refractivity contribution in [1.82, 2.24) is 0 Å². The number of nitrogens with two attached hydrogens (primary N) is 1. The normalized spacial score (nSPS) is 12.4. The Kier molecular flexibility index (Phi) is 3.58. The van der Waals surface area contributed by atoms with Crippen molar-refractivity contribution in [1.29, 1.82) is 0 Å². The Balaban J connectivity index is 3.74. The summed E-state index contributed by atoms with van der Waals surface area (Å²) in [5, 5.41) is 0. The largest absolute Gasteiger partial charge is 0.399 e. The minimum absolute atomic E-state index is 0.635. The predicted octanol–water partition coefficient (Wildman–Crippen LogP) is 0.716. The molecule has 0 atom stereocenters. The smallest absolute Gasteiger partial charge is 0.0323 e. The summed E-state index contributed by atoms with van der Waals surface area (Å²) in [7, 11) is 1.69. The Labute approximate surface area is 49.4 Å². The standard InChI is InChI=1S/C6H10N2/c1-3-6(7)4-5-8-2/h3-5H,1,7H2,2H3. The highest BCUT2D eigenvalue weighted by Crippen LogP contribution is 1.78. The zero-order valence-corrected chi connectivity index (χ0v) is 4.96. The average molecular weight is 110 g/mol. The van der Waals surface area contributed by atoms with Crippen LogP contribution in [0.2, 0.25) is 0 Å². The zero-order valence-electron chi connectivity index (χ0n) is 4.96. The molecule has 0 aromatic rings. The molecule has 8 heavy (non-hydrogen) atoms. The minimum atomic E-state index is 0.635. The van der Waals surface area contributed by atoms with Gasteiger partial charge in [-0.25, -0.2) is 0 Å². The van der Waals surface area contributed by atoms with E-state index in [2.05, 4.69) is 11.6 Å². The van der Waals surface area contributed by atoms with Gasteiger partial charge in [-0.2, -0.15) is 0 Å². The number of hydrogen-bond donors (Lipinski definition) is 1. The molecule has 0 aliphatic carbocycles. The quantitative estimate of drug-likeness (QED) is 0.412. The van der Waals surface area contributed by atoms with Crippen LogP contribution in [0.15, 0.2) is 29.4 Å². The zero-order chi connectivity index (χ0) is 6.41. The lowest BCUT2D eigenvalue weighted by Gasteiger charge is -1.82. The minimum Gasteiger partial charge on any atom is -0.399 e. The van der Waals surface area contributed by atoms with E-state index >= 15 is 0 Å². The molecule has 44 valence electrons. The topological polar surface area (TPSA) is 38.4 Å². The summed E-state index contributed by atoms with van der Waals surface area (Å²) < 4.78 is 0. The molecule has 0 radical (unpaired) electrons. The van der Waals surface area contributed by atoms with Crippen molar-refractivity contribution in [3.05, 3.63) is 24.4 Å². The molecule has 0 bridgehead atoms. The first-order valence-corrected chi connectivity index (χ1v) is 2.31. The van der Waals surface area contributed by atoms with Gasteiger partial charge in [-0.3, -0.25) is 4.99 Å². The fourth-order valence-corrected chi connectivity index (χ4v) is 0.229. The van der Waals surface area contributed by atoms with Crippen molar-refractivity contribution in [2.45, 2.75) is 0 Å². The van der Waals surface area contributed by atoms with Crippen LogP contribution in [0, 0.1) is 0 Å². The second-order valence-electron chi connectivity index (χ2n) is 1.28. The highest BCUT2D eigenvalue weighted by molar-refractivity contribution is 5.72. The van der Waals surface area contributed by atoms with E-state index in [0.29, 0.717) is 5.70 Å². The van der Waals surface area contributed by atoms with E-state index in [1.165, 1.54) is 0 Å². The molecule has 2 heteroatoms. The fraction of sp³-hybridized carbons (Fsp3) is 0.167. The lowest BCUT2D eigenvalue weighted by molar-refractivity contribution is 1.43. The summed E-state index contributed by atoms with van der Waals surface area (Å²) >= 11 is 0. The average Bonchev–Trinajstić information content (AvgIpc) is 1.83. The molecule has 2 nitrogen and oxygen atoms in total. The molecule has 0 aromatic carbocycles. The Hall–Kier alpha value is -1.05. The number of aliphatic imine (C=N–C) groups is 1. The monoisotopic (exact) mass is 110 g/mol. The van der Waals surface area contributed by atoms with Crippen molar-refractivity contribution in [2.24, 2.45) is 10.7 Å². The lowest BCUT2D eigenvalue weighted by Crippen LogP contribution is -1.91. The van der Waals surface area contributed by atoms with Crippen LogP contribution < -0.4 is 5.73 Å². The highest BCUT2D eigenvalue weighted by Gasteiger charge is 1.71. The van der Waals surface area contributed by atoms with Crippen LogP contribution in [-0.4, -0.2) is 13.3 Å². The number of hydrogen-bond acceptors (Lipinski definition) is 2. The lowest BCUT2D eigenvalue weighted by atomic mass is 10.4. The Morgan fingerprint density at radius 1 is 1.75 bits per heavy atom. The van der Waals surface area contributed by atoms with E-state index < -0.39 is 0 Å². The molecular weight excluding hydrogens is 100 g/mol. The third-order valence-electron chi connectivity index (χ3n) is 0.652. The summed E-state index contributed by atoms with van der Waals surface area (Å²) in [4.78, 5) is 3.69. The van der Waals surface area contributed by atoms with Crippen LogP contribution in [0.5, 0.6) is 0 Å². The number of allylic oxidation sites excluding steroid dienone is 2. The van der Waals surface area contributed by atoms with E-state index in [-0.39, 0.29) is 0 Å². The summed E-state index contributed by atoms with van der Waals surface area (Å²) in [6.45, 7) is 3.46. The van der Waals surface area contributed by atoms with Crippen molar-refractivity contribution in [3.63, 3.8) is 0 Å². The summed E-state index contributed by atoms with van der Waals surface area (Å²) in [6, 6.07) is 0. The molecular formula is C6H10N2. The van der Waals surface area contributed by atoms with Crippen molar-refractivity contribution >= 4 is 6.21 Å². The van der Waals surface area contributed by atoms with Gasteiger partial charge in [0.25, 0.3) is 0 Å². The summed E-state index contributed by atoms with van der Waals surface area (Å²) in [5.74, 6) is 0. The SMILES string of the molecule is C=CC(N)=CC=NC. The van der Waals surface area contributed by atoms with Gasteiger partial charge in [0.15, 0.2) is 0 Å². The Morgan fingerprint density at radius 3 is 2.75 bits per heavy atom. The third-order valence-corrected chi connectivity index (χ3v) is 0.652. The second-order valence-corrected chi connectivity index (χ2v) is 1.28. The van der Waals surface area contributed by atoms with Gasteiger partial charge in [0, 0.05) is 19.0 Å². The van der Waals surface area contributed by atoms with Gasteiger partial charge in [0.2, 0.25) is 0 Å². The van der Waals surface area contributed by atoms with Crippen LogP contribution in [-0.2, 0) is 0 Å². The summed E-state index contributed by atoms with van der Waals surface area (Å²) in [6.07, 6.45) is 4.88. The number of nitrogens with zero attached hydrogens (tertiary/aromatic N) is 1. The first-order chi connectivity index (χ1) is 3.81. The second kappa shape index (κ2) is 4.12. The first-order valence-electron chi connectivity index (χ1n) is 2.31. The maximum atomic E-state index is 5.31. The Morgan fingerprint density at radius 2 is 2.38 bits per heavy atom. The molecule has 0 amide bonds. The summed E-state index contributed by atoms with van der Waals surface area (Å²) in [5.41, 5.74) is 5.95. The maximum absolute atomic E-state index is 5.31. The van der Waals surface area contributed by atoms with Crippen LogP contribution in [0.1, 0.15) is 0 Å². The molecule has 0 aromatic heterocycles. The van der Waals surface area contributed by atoms with Gasteiger partial charge in [0.1, 0.15) is 0 Å². The number of rotatable bonds is 2. The van der Waals surface area contributed by atoms with E-state index in [4.69, 9.17) is 5.73 Å². The van der Waals surface area contributed by atoms with Gasteiger partial charge in [-0.05, 0) is 12.2 Å². The first kappa shape index (κ1) is 6.95. The van der Waals surface area contributed by atoms with E-state index in [0.717, 1.165) is 0 Å². The van der Waals surface area contributed by atoms with Gasteiger partial charge >= 0.3 is 0 Å². The molecule has 0 unspecified atom stereocenters.